The highest BCUT2D eigenvalue weighted by Crippen LogP contribution is 2.17. The van der Waals surface area contributed by atoms with Gasteiger partial charge in [0.15, 0.2) is 0 Å². The lowest BCUT2D eigenvalue weighted by atomic mass is 10.00. The van der Waals surface area contributed by atoms with Gasteiger partial charge in [0.2, 0.25) is 0 Å². The van der Waals surface area contributed by atoms with Crippen LogP contribution in [0.1, 0.15) is 33.1 Å². The molecule has 2 N–H and O–H groups in total. The molecule has 0 spiro atoms. The molecule has 1 aliphatic rings. The van der Waals surface area contributed by atoms with Crippen molar-refractivity contribution in [2.75, 3.05) is 27.2 Å². The second-order valence-electron chi connectivity index (χ2n) is 5.04. The van der Waals surface area contributed by atoms with Gasteiger partial charge in [-0.3, -0.25) is 4.90 Å². The molecule has 1 heterocycles. The largest absolute Gasteiger partial charge is 0.326 e. The number of hydrogen-bond donors (Lipinski definition) is 1. The van der Waals surface area contributed by atoms with Gasteiger partial charge in [-0.2, -0.15) is 0 Å². The summed E-state index contributed by atoms with van der Waals surface area (Å²) in [6, 6.07) is 1.49. The third kappa shape index (κ3) is 3.44. The number of likely N-dealkylation sites (tertiary alicyclic amines) is 1. The lowest BCUT2D eigenvalue weighted by Gasteiger charge is -2.40. The van der Waals surface area contributed by atoms with Gasteiger partial charge in [0, 0.05) is 24.7 Å². The first-order valence-corrected chi connectivity index (χ1v) is 6.22. The van der Waals surface area contributed by atoms with E-state index in [1.807, 2.05) is 0 Å². The molecule has 0 aromatic rings. The van der Waals surface area contributed by atoms with Crippen molar-refractivity contribution in [3.05, 3.63) is 0 Å². The van der Waals surface area contributed by atoms with Gasteiger partial charge in [-0.1, -0.05) is 6.92 Å². The van der Waals surface area contributed by atoms with E-state index in [0.29, 0.717) is 18.1 Å². The summed E-state index contributed by atoms with van der Waals surface area (Å²) < 4.78 is 0. The van der Waals surface area contributed by atoms with E-state index in [4.69, 9.17) is 5.73 Å². The lowest BCUT2D eigenvalue weighted by Crippen LogP contribution is -2.53. The SMILES string of the molecule is CCC(N)C(C)N(C)C1CCCN(C)C1. The highest BCUT2D eigenvalue weighted by molar-refractivity contribution is 4.84. The van der Waals surface area contributed by atoms with Gasteiger partial charge in [-0.05, 0) is 46.8 Å². The predicted molar refractivity (Wildman–Crippen MR) is 66.0 cm³/mol. The highest BCUT2D eigenvalue weighted by Gasteiger charge is 2.26. The number of hydrogen-bond acceptors (Lipinski definition) is 3. The maximum atomic E-state index is 6.10. The molecular formula is C12H27N3. The number of nitrogens with two attached hydrogens (primary N) is 1. The molecule has 3 nitrogen and oxygen atoms in total. The Morgan fingerprint density at radius 1 is 1.53 bits per heavy atom. The van der Waals surface area contributed by atoms with Gasteiger partial charge in [-0.25, -0.2) is 0 Å². The van der Waals surface area contributed by atoms with E-state index in [0.717, 1.165) is 6.42 Å². The lowest BCUT2D eigenvalue weighted by molar-refractivity contribution is 0.0937. The molecule has 3 atom stereocenters. The Balaban J connectivity index is 2.47. The molecule has 0 radical (unpaired) electrons. The summed E-state index contributed by atoms with van der Waals surface area (Å²) in [5.41, 5.74) is 6.10. The Labute approximate surface area is 94.6 Å². The van der Waals surface area contributed by atoms with Crippen molar-refractivity contribution in [3.63, 3.8) is 0 Å². The molecule has 1 rings (SSSR count). The van der Waals surface area contributed by atoms with Crippen molar-refractivity contribution >= 4 is 0 Å². The number of likely N-dealkylation sites (N-methyl/N-ethyl adjacent to an activating group) is 2. The first kappa shape index (κ1) is 12.9. The van der Waals surface area contributed by atoms with Crippen molar-refractivity contribution in [2.45, 2.75) is 51.2 Å². The maximum Gasteiger partial charge on any atom is 0.0223 e. The van der Waals surface area contributed by atoms with E-state index >= 15 is 0 Å². The minimum Gasteiger partial charge on any atom is -0.326 e. The van der Waals surface area contributed by atoms with E-state index in [1.54, 1.807) is 0 Å². The molecule has 0 bridgehead atoms. The molecule has 3 unspecified atom stereocenters. The van der Waals surface area contributed by atoms with Crippen LogP contribution in [0.15, 0.2) is 0 Å². The van der Waals surface area contributed by atoms with Gasteiger partial charge >= 0.3 is 0 Å². The number of rotatable bonds is 4. The van der Waals surface area contributed by atoms with Crippen LogP contribution in [-0.2, 0) is 0 Å². The zero-order valence-electron chi connectivity index (χ0n) is 10.7. The Morgan fingerprint density at radius 2 is 2.20 bits per heavy atom. The molecule has 0 saturated carbocycles. The van der Waals surface area contributed by atoms with Crippen LogP contribution < -0.4 is 5.73 Å². The maximum absolute atomic E-state index is 6.10. The average Bonchev–Trinajstić information content (AvgIpc) is 2.26. The minimum absolute atomic E-state index is 0.308. The first-order valence-electron chi connectivity index (χ1n) is 6.22. The standard InChI is InChI=1S/C12H27N3/c1-5-12(13)10(2)15(4)11-7-6-8-14(3)9-11/h10-12H,5-9,13H2,1-4H3. The molecule has 0 aromatic carbocycles. The molecule has 0 aromatic heterocycles. The molecule has 3 heteroatoms. The molecule has 1 fully saturated rings. The van der Waals surface area contributed by atoms with E-state index in [1.165, 1.54) is 25.9 Å². The second-order valence-corrected chi connectivity index (χ2v) is 5.04. The van der Waals surface area contributed by atoms with Crippen LogP contribution in [0.2, 0.25) is 0 Å². The smallest absolute Gasteiger partial charge is 0.0223 e. The zero-order chi connectivity index (χ0) is 11.4. The third-order valence-corrected chi connectivity index (χ3v) is 3.91. The Morgan fingerprint density at radius 3 is 2.73 bits per heavy atom. The van der Waals surface area contributed by atoms with Crippen LogP contribution in [0.3, 0.4) is 0 Å². The van der Waals surface area contributed by atoms with Crippen molar-refractivity contribution in [1.29, 1.82) is 0 Å². The van der Waals surface area contributed by atoms with Crippen molar-refractivity contribution in [2.24, 2.45) is 5.73 Å². The summed E-state index contributed by atoms with van der Waals surface area (Å²) in [6.45, 7) is 6.86. The number of nitrogens with zero attached hydrogens (tertiary/aromatic N) is 2. The third-order valence-electron chi connectivity index (χ3n) is 3.91. The van der Waals surface area contributed by atoms with Crippen molar-refractivity contribution in [1.82, 2.24) is 9.80 Å². The molecule has 1 saturated heterocycles. The highest BCUT2D eigenvalue weighted by atomic mass is 15.2. The second kappa shape index (κ2) is 5.83. The molecule has 0 amide bonds. The van der Waals surface area contributed by atoms with E-state index in [2.05, 4.69) is 37.7 Å². The molecule has 15 heavy (non-hydrogen) atoms. The fraction of sp³-hybridized carbons (Fsp3) is 1.00. The fourth-order valence-corrected chi connectivity index (χ4v) is 2.45. The Hall–Kier alpha value is -0.120. The summed E-state index contributed by atoms with van der Waals surface area (Å²) in [5.74, 6) is 0. The first-order chi connectivity index (χ1) is 7.06. The molecular weight excluding hydrogens is 186 g/mol. The average molecular weight is 213 g/mol. The van der Waals surface area contributed by atoms with Crippen molar-refractivity contribution in [3.8, 4) is 0 Å². The van der Waals surface area contributed by atoms with Crippen LogP contribution in [0.4, 0.5) is 0 Å². The zero-order valence-corrected chi connectivity index (χ0v) is 10.7. The van der Waals surface area contributed by atoms with Gasteiger partial charge in [0.05, 0.1) is 0 Å². The summed E-state index contributed by atoms with van der Waals surface area (Å²) in [7, 11) is 4.44. The topological polar surface area (TPSA) is 32.5 Å². The van der Waals surface area contributed by atoms with Crippen LogP contribution in [0.25, 0.3) is 0 Å². The molecule has 0 aliphatic carbocycles. The Kier molecular flexibility index (Phi) is 5.03. The van der Waals surface area contributed by atoms with Crippen LogP contribution in [0, 0.1) is 0 Å². The fourth-order valence-electron chi connectivity index (χ4n) is 2.45. The normalized spacial score (nSPS) is 28.0. The summed E-state index contributed by atoms with van der Waals surface area (Å²) in [4.78, 5) is 4.90. The van der Waals surface area contributed by atoms with E-state index in [-0.39, 0.29) is 0 Å². The van der Waals surface area contributed by atoms with Crippen LogP contribution >= 0.6 is 0 Å². The predicted octanol–water partition coefficient (Wildman–Crippen LogP) is 1.14. The molecule has 1 aliphatic heterocycles. The van der Waals surface area contributed by atoms with E-state index < -0.39 is 0 Å². The van der Waals surface area contributed by atoms with Crippen LogP contribution in [-0.4, -0.2) is 55.1 Å². The van der Waals surface area contributed by atoms with Gasteiger partial charge in [0.1, 0.15) is 0 Å². The summed E-state index contributed by atoms with van der Waals surface area (Å²) >= 11 is 0. The quantitative estimate of drug-likeness (QED) is 0.760. The van der Waals surface area contributed by atoms with Crippen LogP contribution in [0.5, 0.6) is 0 Å². The summed E-state index contributed by atoms with van der Waals surface area (Å²) in [5, 5.41) is 0. The minimum atomic E-state index is 0.308. The van der Waals surface area contributed by atoms with Gasteiger partial charge in [0.25, 0.3) is 0 Å². The van der Waals surface area contributed by atoms with E-state index in [9.17, 15) is 0 Å². The Bertz CT molecular complexity index is 184. The van der Waals surface area contributed by atoms with Gasteiger partial charge < -0.3 is 10.6 Å². The number of piperidine rings is 1. The van der Waals surface area contributed by atoms with Crippen molar-refractivity contribution < 1.29 is 0 Å². The van der Waals surface area contributed by atoms with Gasteiger partial charge in [-0.15, -0.1) is 0 Å². The summed E-state index contributed by atoms with van der Waals surface area (Å²) in [6.07, 6.45) is 3.70. The molecule has 90 valence electrons. The monoisotopic (exact) mass is 213 g/mol.